The molecule has 0 radical (unpaired) electrons. The lowest BCUT2D eigenvalue weighted by atomic mass is 9.65. The summed E-state index contributed by atoms with van der Waals surface area (Å²) in [6, 6.07) is -16.7. The number of aliphatic carboxylic acids is 1. The normalized spacial score (nSPS) is 18.1. The van der Waals surface area contributed by atoms with E-state index in [2.05, 4.69) is 5.32 Å². The molecule has 0 spiro atoms. The van der Waals surface area contributed by atoms with E-state index in [1.165, 1.54) is 27.7 Å². The highest BCUT2D eigenvalue weighted by molar-refractivity contribution is 6.24. The third-order valence-electron chi connectivity index (χ3n) is 14.6. The predicted molar refractivity (Wildman–Crippen MR) is 308 cm³/mol. The third-order valence-corrected chi connectivity index (χ3v) is 14.6. The Labute approximate surface area is 488 Å². The molecule has 0 saturated carbocycles. The van der Waals surface area contributed by atoms with Crippen LogP contribution in [0.5, 0.6) is 0 Å². The molecule has 0 aromatic rings. The Morgan fingerprint density at radius 2 is 0.940 bits per heavy atom. The number of nitrogens with one attached hydrogen (secondary N) is 1. The number of hydrogen-bond acceptors (Lipinski definition) is 25. The third kappa shape index (κ3) is 19.2. The fourth-order valence-electron chi connectivity index (χ4n) is 9.97. The molecule has 0 fully saturated rings. The van der Waals surface area contributed by atoms with Gasteiger partial charge in [-0.3, -0.25) is 62.6 Å². The molecule has 0 aliphatic carbocycles. The molecule has 0 heterocycles. The number of imide groups is 3. The molecule has 30 nitrogen and oxygen atoms in total. The van der Waals surface area contributed by atoms with Gasteiger partial charge in [-0.05, 0) is 122 Å². The van der Waals surface area contributed by atoms with E-state index >= 15 is 28.8 Å². The number of carboxylic acids is 1. The van der Waals surface area contributed by atoms with Gasteiger partial charge in [-0.2, -0.15) is 0 Å². The highest BCUT2D eigenvalue weighted by atomic mass is 16.4. The number of carbonyl (C=O) groups is 11. The lowest BCUT2D eigenvalue weighted by Crippen LogP contribution is -2.79. The SMILES string of the molecule is [2H]C(N)C[C@H](N)C(=O)N(C(=O)[C@@H](N)CCN)[C@@](C(=O)N[C@@H](CC(C)C)C(=O)[C@@](C(=O)O)([C@@H](C)O)N(C(=O)[C@@H](N)CCN)C(=O)[C@@H](N)CCN)(C(=O)[C@@H](N)CCN)C(C(=O)[C@H]([C@@H](C)O)N(C(=O)CCCCC(C)CC)C(=O)[C@@H](N)CCN)C(C)C. The Bertz CT molecular complexity index is 2210. The fourth-order valence-corrected chi connectivity index (χ4v) is 9.97. The number of aliphatic hydroxyl groups excluding tert-OH is 2. The van der Waals surface area contributed by atoms with Gasteiger partial charge in [0.15, 0.2) is 22.9 Å². The molecule has 0 aromatic carbocycles. The van der Waals surface area contributed by atoms with E-state index in [4.69, 9.17) is 70.2 Å². The van der Waals surface area contributed by atoms with Gasteiger partial charge in [0.1, 0.15) is 6.04 Å². The van der Waals surface area contributed by atoms with Gasteiger partial charge < -0.3 is 89.4 Å². The van der Waals surface area contributed by atoms with Crippen LogP contribution in [0.2, 0.25) is 0 Å². The van der Waals surface area contributed by atoms with Crippen LogP contribution in [0.4, 0.5) is 0 Å². The number of carboxylic acid groups (broad SMARTS) is 1. The molecule has 0 bridgehead atoms. The van der Waals surface area contributed by atoms with Gasteiger partial charge in [-0.15, -0.1) is 0 Å². The minimum atomic E-state index is -3.95. The minimum Gasteiger partial charge on any atom is -0.479 e. The maximum Gasteiger partial charge on any atom is 0.340 e. The van der Waals surface area contributed by atoms with Crippen LogP contribution in [-0.2, 0) is 52.7 Å². The largest absolute Gasteiger partial charge is 0.479 e. The van der Waals surface area contributed by atoms with Crippen molar-refractivity contribution >= 4 is 64.7 Å². The van der Waals surface area contributed by atoms with Gasteiger partial charge in [0.2, 0.25) is 41.0 Å². The van der Waals surface area contributed by atoms with Gasteiger partial charge in [0, 0.05) is 7.79 Å². The van der Waals surface area contributed by atoms with Crippen molar-refractivity contribution in [2.24, 2.45) is 92.5 Å². The molecule has 0 aliphatic heterocycles. The van der Waals surface area contributed by atoms with Gasteiger partial charge in [-0.1, -0.05) is 60.8 Å². The number of rotatable bonds is 41. The van der Waals surface area contributed by atoms with E-state index in [-0.39, 0.29) is 48.2 Å². The summed E-state index contributed by atoms with van der Waals surface area (Å²) in [4.78, 5) is 169. The summed E-state index contributed by atoms with van der Waals surface area (Å²) < 4.78 is 8.15. The molecular weight excluding hydrogens is 1080 g/mol. The number of hydrogen-bond donors (Lipinski definition) is 16. The van der Waals surface area contributed by atoms with Crippen LogP contribution in [0.1, 0.15) is 134 Å². The van der Waals surface area contributed by atoms with Gasteiger partial charge in [0.25, 0.3) is 5.91 Å². The van der Waals surface area contributed by atoms with Crippen molar-refractivity contribution in [3.05, 3.63) is 0 Å². The van der Waals surface area contributed by atoms with Gasteiger partial charge in [0.05, 0.1) is 60.4 Å². The fraction of sp³-hybridized carbons (Fsp3) is 0.792. The zero-order valence-corrected chi connectivity index (χ0v) is 49.8. The van der Waals surface area contributed by atoms with Crippen LogP contribution in [-0.4, -0.2) is 206 Å². The molecule has 0 rings (SSSR count). The zero-order chi connectivity index (χ0) is 65.5. The highest BCUT2D eigenvalue weighted by Gasteiger charge is 2.68. The molecule has 28 N–H and O–H groups in total. The molecule has 7 amide bonds. The van der Waals surface area contributed by atoms with Crippen molar-refractivity contribution in [3.8, 4) is 0 Å². The Hall–Kier alpha value is -5.19. The summed E-state index contributed by atoms with van der Waals surface area (Å²) in [6.45, 7) is 7.29. The molecule has 478 valence electrons. The summed E-state index contributed by atoms with van der Waals surface area (Å²) in [7, 11) is 0. The number of nitrogens with two attached hydrogens (primary N) is 12. The number of nitrogens with zero attached hydrogens (tertiary/aromatic N) is 3. The van der Waals surface area contributed by atoms with Crippen LogP contribution in [0, 0.1) is 23.7 Å². The number of Topliss-reactive ketones (excluding diaryl/α,β-unsaturated/α-hetero) is 3. The van der Waals surface area contributed by atoms with Crippen molar-refractivity contribution < 1.29 is 69.4 Å². The van der Waals surface area contributed by atoms with Crippen molar-refractivity contribution in [1.29, 1.82) is 0 Å². The van der Waals surface area contributed by atoms with Crippen LogP contribution in [0.3, 0.4) is 0 Å². The van der Waals surface area contributed by atoms with Crippen LogP contribution >= 0.6 is 0 Å². The molecule has 0 aliphatic rings. The Morgan fingerprint density at radius 1 is 0.542 bits per heavy atom. The first kappa shape index (κ1) is 75.8. The number of aliphatic hydroxyl groups is 2. The molecule has 83 heavy (non-hydrogen) atoms. The van der Waals surface area contributed by atoms with Gasteiger partial charge >= 0.3 is 5.97 Å². The molecule has 15 atom stereocenters. The minimum absolute atomic E-state index is 0.0911. The van der Waals surface area contributed by atoms with E-state index in [1.807, 2.05) is 13.8 Å². The molecule has 30 heteroatoms. The van der Waals surface area contributed by atoms with Crippen LogP contribution in [0.25, 0.3) is 0 Å². The summed E-state index contributed by atoms with van der Waals surface area (Å²) in [5.74, 6) is -23.7. The second-order valence-electron chi connectivity index (χ2n) is 22.1. The van der Waals surface area contributed by atoms with E-state index < -0.39 is 219 Å². The molecular formula is C53H102N16O14. The molecule has 0 saturated heterocycles. The Morgan fingerprint density at radius 3 is 1.29 bits per heavy atom. The maximum absolute atomic E-state index is 16.7. The second kappa shape index (κ2) is 36.6. The number of carbonyl (C=O) groups excluding carboxylic acids is 10. The quantitative estimate of drug-likeness (QED) is 0.0200. The lowest BCUT2D eigenvalue weighted by molar-refractivity contribution is -0.181. The van der Waals surface area contributed by atoms with Crippen molar-refractivity contribution in [3.63, 3.8) is 0 Å². The van der Waals surface area contributed by atoms with E-state index in [1.54, 1.807) is 0 Å². The Balaban J connectivity index is 10.2. The van der Waals surface area contributed by atoms with E-state index in [9.17, 15) is 39.3 Å². The standard InChI is InChI=1S/C53H102N16O14/c1-9-29(6)12-10-11-13-39(72)67(45(76)33(61)15-21-55)41(30(7)70)42(73)40(28(4)5)53(43(74)32(60)14-20-54,69(48(79)36(64)18-24-58)49(80)37(65)19-25-59)50(81)66-38(26-27(2)3)44(75)52(31(8)71,51(82)83)68(46(77)34(62)16-22-56)47(78)35(63)17-23-57/h27-38,40-41,70-71H,9-26,54-65H2,1-8H3,(H,66,81)(H,82,83)/t29?,30-,31-,32+,33+,34+,35+,36+,37+,38+,40?,41+,52-,53-/m1/s1/i24D/t24?,29?,30-,31-,32+,33+,34+,35+,36+,37+,38+,40?,41+,52-,53-. The molecule has 3 unspecified atom stereocenters. The maximum atomic E-state index is 16.7. The summed E-state index contributed by atoms with van der Waals surface area (Å²) in [5.41, 5.74) is 65.0. The first-order chi connectivity index (χ1) is 39.0. The number of unbranched alkanes of at least 4 members (excludes halogenated alkanes) is 1. The highest BCUT2D eigenvalue weighted by Crippen LogP contribution is 2.40. The zero-order valence-electron chi connectivity index (χ0n) is 50.8. The number of amides is 7. The van der Waals surface area contributed by atoms with E-state index in [0.29, 0.717) is 24.7 Å². The average Bonchev–Trinajstić information content (AvgIpc) is 2.78. The summed E-state index contributed by atoms with van der Waals surface area (Å²) >= 11 is 0. The second-order valence-corrected chi connectivity index (χ2v) is 22.1. The number of ketones is 3. The topological polar surface area (TPSA) is 582 Å². The van der Waals surface area contributed by atoms with E-state index in [0.717, 1.165) is 13.3 Å². The smallest absolute Gasteiger partial charge is 0.340 e. The monoisotopic (exact) mass is 1190 g/mol. The van der Waals surface area contributed by atoms with Gasteiger partial charge in [-0.25, -0.2) is 4.79 Å². The first-order valence-corrected chi connectivity index (χ1v) is 28.4. The van der Waals surface area contributed by atoms with Crippen molar-refractivity contribution in [2.45, 2.75) is 204 Å². The Kier molecular flexibility index (Phi) is 33.4. The summed E-state index contributed by atoms with van der Waals surface area (Å²) in [6.07, 6.45) is -7.23. The lowest BCUT2D eigenvalue weighted by Gasteiger charge is -2.50. The predicted octanol–water partition coefficient (Wildman–Crippen LogP) is -6.08. The summed E-state index contributed by atoms with van der Waals surface area (Å²) in [5, 5.41) is 37.2. The van der Waals surface area contributed by atoms with Crippen LogP contribution < -0.4 is 74.1 Å². The van der Waals surface area contributed by atoms with Crippen molar-refractivity contribution in [1.82, 2.24) is 20.0 Å². The molecule has 0 aromatic heterocycles. The average molecular weight is 1190 g/mol. The first-order valence-electron chi connectivity index (χ1n) is 29.0. The van der Waals surface area contributed by atoms with Crippen molar-refractivity contribution in [2.75, 3.05) is 39.2 Å². The van der Waals surface area contributed by atoms with Crippen LogP contribution in [0.15, 0.2) is 0 Å².